The normalized spacial score (nSPS) is 17.4. The first-order valence-electron chi connectivity index (χ1n) is 8.09. The Labute approximate surface area is 140 Å². The molecule has 1 saturated heterocycles. The summed E-state index contributed by atoms with van der Waals surface area (Å²) in [6.45, 7) is 2.03. The summed E-state index contributed by atoms with van der Waals surface area (Å²) in [5.41, 5.74) is 1.94. The molecule has 4 rings (SSSR count). The molecule has 4 heterocycles. The van der Waals surface area contributed by atoms with E-state index in [4.69, 9.17) is 0 Å². The van der Waals surface area contributed by atoms with Crippen LogP contribution >= 0.6 is 0 Å². The van der Waals surface area contributed by atoms with E-state index in [0.717, 1.165) is 49.0 Å². The monoisotopic (exact) mass is 321 g/mol. The summed E-state index contributed by atoms with van der Waals surface area (Å²) < 4.78 is 1.97. The zero-order valence-corrected chi connectivity index (χ0v) is 13.6. The van der Waals surface area contributed by atoms with Gasteiger partial charge in [-0.25, -0.2) is 24.9 Å². The number of hydrogen-bond acceptors (Lipinski definition) is 6. The molecule has 3 aromatic rings. The van der Waals surface area contributed by atoms with Crippen LogP contribution in [0.15, 0.2) is 43.4 Å². The molecule has 24 heavy (non-hydrogen) atoms. The average molecular weight is 321 g/mol. The highest BCUT2D eigenvalue weighted by atomic mass is 15.2. The molecule has 0 amide bonds. The van der Waals surface area contributed by atoms with E-state index < -0.39 is 0 Å². The topological polar surface area (TPSA) is 72.6 Å². The molecular weight excluding hydrogens is 302 g/mol. The highest BCUT2D eigenvalue weighted by Crippen LogP contribution is 2.24. The van der Waals surface area contributed by atoms with Crippen LogP contribution in [-0.2, 0) is 13.5 Å². The van der Waals surface area contributed by atoms with Gasteiger partial charge in [-0.2, -0.15) is 0 Å². The molecule has 0 radical (unpaired) electrons. The molecule has 7 heteroatoms. The van der Waals surface area contributed by atoms with Crippen molar-refractivity contribution in [3.8, 4) is 11.5 Å². The third kappa shape index (κ3) is 2.97. The second kappa shape index (κ2) is 6.35. The predicted molar refractivity (Wildman–Crippen MR) is 90.3 cm³/mol. The Morgan fingerprint density at radius 1 is 1.12 bits per heavy atom. The number of nitrogens with zero attached hydrogens (tertiary/aromatic N) is 7. The molecule has 0 unspecified atom stereocenters. The molecule has 0 spiro atoms. The van der Waals surface area contributed by atoms with Crippen LogP contribution in [0.2, 0.25) is 0 Å². The van der Waals surface area contributed by atoms with E-state index >= 15 is 0 Å². The Hall–Kier alpha value is -2.83. The first kappa shape index (κ1) is 14.7. The molecule has 3 aromatic heterocycles. The van der Waals surface area contributed by atoms with Crippen molar-refractivity contribution in [3.05, 3.63) is 49.1 Å². The van der Waals surface area contributed by atoms with Crippen LogP contribution in [0.3, 0.4) is 0 Å². The van der Waals surface area contributed by atoms with Gasteiger partial charge in [0.2, 0.25) is 0 Å². The largest absolute Gasteiger partial charge is 0.356 e. The maximum Gasteiger partial charge on any atom is 0.158 e. The molecular formula is C17H19N7. The number of anilines is 1. The summed E-state index contributed by atoms with van der Waals surface area (Å²) in [6, 6.07) is 4.02. The number of hydrogen-bond donors (Lipinski definition) is 0. The number of imidazole rings is 1. The fourth-order valence-corrected chi connectivity index (χ4v) is 3.22. The molecule has 0 N–H and O–H groups in total. The van der Waals surface area contributed by atoms with E-state index in [2.05, 4.69) is 35.9 Å². The third-order valence-electron chi connectivity index (χ3n) is 4.45. The summed E-state index contributed by atoms with van der Waals surface area (Å²) in [4.78, 5) is 23.8. The van der Waals surface area contributed by atoms with Crippen LogP contribution in [0.5, 0.6) is 0 Å². The molecule has 122 valence electrons. The van der Waals surface area contributed by atoms with Crippen molar-refractivity contribution < 1.29 is 0 Å². The molecule has 7 nitrogen and oxygen atoms in total. The van der Waals surface area contributed by atoms with E-state index in [0.29, 0.717) is 5.92 Å². The highest BCUT2D eigenvalue weighted by Gasteiger charge is 2.24. The van der Waals surface area contributed by atoms with Crippen molar-refractivity contribution in [1.82, 2.24) is 29.5 Å². The lowest BCUT2D eigenvalue weighted by atomic mass is 10.0. The molecule has 1 fully saturated rings. The van der Waals surface area contributed by atoms with Gasteiger partial charge in [-0.05, 0) is 30.9 Å². The number of aromatic nitrogens is 6. The Morgan fingerprint density at radius 3 is 2.88 bits per heavy atom. The lowest BCUT2D eigenvalue weighted by Crippen LogP contribution is -2.21. The molecule has 0 aliphatic carbocycles. The van der Waals surface area contributed by atoms with Crippen LogP contribution in [-0.4, -0.2) is 42.6 Å². The third-order valence-corrected chi connectivity index (χ3v) is 4.45. The van der Waals surface area contributed by atoms with Gasteiger partial charge in [-0.3, -0.25) is 0 Å². The Kier molecular flexibility index (Phi) is 3.90. The summed E-state index contributed by atoms with van der Waals surface area (Å²) in [5, 5.41) is 0. The minimum atomic E-state index is 0.573. The van der Waals surface area contributed by atoms with Gasteiger partial charge in [-0.15, -0.1) is 0 Å². The lowest BCUT2D eigenvalue weighted by Gasteiger charge is -2.16. The van der Waals surface area contributed by atoms with Gasteiger partial charge < -0.3 is 9.47 Å². The van der Waals surface area contributed by atoms with Crippen LogP contribution in [0.1, 0.15) is 12.1 Å². The summed E-state index contributed by atoms with van der Waals surface area (Å²) in [5.74, 6) is 2.45. The molecule has 0 saturated carbocycles. The van der Waals surface area contributed by atoms with Crippen molar-refractivity contribution in [2.24, 2.45) is 13.0 Å². The standard InChI is InChI=1S/C17H19N7/c1-23-7-5-19-17(23)15-9-14(20-12-21-15)8-13-3-6-24(10-13)16-2-4-18-11-22-16/h2,4-5,7,9,11-13H,3,6,8,10H2,1H3/t13-/m1/s1. The second-order valence-electron chi connectivity index (χ2n) is 6.13. The SMILES string of the molecule is Cn1ccnc1-c1cc(C[C@H]2CCN(c3ccncn3)C2)ncn1. The zero-order valence-electron chi connectivity index (χ0n) is 13.6. The summed E-state index contributed by atoms with van der Waals surface area (Å²) >= 11 is 0. The zero-order chi connectivity index (χ0) is 16.4. The smallest absolute Gasteiger partial charge is 0.158 e. The van der Waals surface area contributed by atoms with Gasteiger partial charge in [0, 0.05) is 44.4 Å². The van der Waals surface area contributed by atoms with Crippen molar-refractivity contribution in [1.29, 1.82) is 0 Å². The van der Waals surface area contributed by atoms with E-state index in [9.17, 15) is 0 Å². The predicted octanol–water partition coefficient (Wildman–Crippen LogP) is 1.74. The van der Waals surface area contributed by atoms with Gasteiger partial charge in [0.1, 0.15) is 24.2 Å². The van der Waals surface area contributed by atoms with Gasteiger partial charge in [0.15, 0.2) is 5.82 Å². The summed E-state index contributed by atoms with van der Waals surface area (Å²) in [7, 11) is 1.97. The van der Waals surface area contributed by atoms with E-state index in [1.165, 1.54) is 0 Å². The van der Waals surface area contributed by atoms with Crippen molar-refractivity contribution in [2.75, 3.05) is 18.0 Å². The number of aryl methyl sites for hydroxylation is 1. The van der Waals surface area contributed by atoms with E-state index in [-0.39, 0.29) is 0 Å². The second-order valence-corrected chi connectivity index (χ2v) is 6.13. The maximum atomic E-state index is 4.45. The quantitative estimate of drug-likeness (QED) is 0.729. The van der Waals surface area contributed by atoms with Gasteiger partial charge in [-0.1, -0.05) is 0 Å². The lowest BCUT2D eigenvalue weighted by molar-refractivity contribution is 0.576. The van der Waals surface area contributed by atoms with Crippen LogP contribution in [0.25, 0.3) is 11.5 Å². The Bertz CT molecular complexity index is 815. The molecule has 0 aromatic carbocycles. The fourth-order valence-electron chi connectivity index (χ4n) is 3.22. The van der Waals surface area contributed by atoms with E-state index in [1.54, 1.807) is 25.0 Å². The van der Waals surface area contributed by atoms with Gasteiger partial charge in [0.25, 0.3) is 0 Å². The minimum Gasteiger partial charge on any atom is -0.356 e. The van der Waals surface area contributed by atoms with Crippen molar-refractivity contribution >= 4 is 5.82 Å². The first-order valence-corrected chi connectivity index (χ1v) is 8.09. The Balaban J connectivity index is 1.46. The summed E-state index contributed by atoms with van der Waals surface area (Å²) in [6.07, 6.45) is 10.8. The van der Waals surface area contributed by atoms with E-state index in [1.807, 2.05) is 23.9 Å². The minimum absolute atomic E-state index is 0.573. The molecule has 1 aliphatic rings. The Morgan fingerprint density at radius 2 is 2.08 bits per heavy atom. The average Bonchev–Trinajstić information content (AvgIpc) is 3.25. The van der Waals surface area contributed by atoms with Gasteiger partial charge >= 0.3 is 0 Å². The highest BCUT2D eigenvalue weighted by molar-refractivity contribution is 5.49. The van der Waals surface area contributed by atoms with Crippen molar-refractivity contribution in [3.63, 3.8) is 0 Å². The molecule has 1 aliphatic heterocycles. The van der Waals surface area contributed by atoms with Crippen LogP contribution in [0, 0.1) is 5.92 Å². The molecule has 0 bridgehead atoms. The maximum absolute atomic E-state index is 4.45. The fraction of sp³-hybridized carbons (Fsp3) is 0.353. The van der Waals surface area contributed by atoms with Crippen LogP contribution in [0.4, 0.5) is 5.82 Å². The first-order chi connectivity index (χ1) is 11.8. The van der Waals surface area contributed by atoms with Crippen molar-refractivity contribution in [2.45, 2.75) is 12.8 Å². The van der Waals surface area contributed by atoms with Gasteiger partial charge in [0.05, 0.1) is 0 Å². The van der Waals surface area contributed by atoms with Crippen LogP contribution < -0.4 is 4.90 Å². The number of rotatable bonds is 4. The molecule has 1 atom stereocenters.